The second-order valence-corrected chi connectivity index (χ2v) is 5.41. The van der Waals surface area contributed by atoms with Crippen LogP contribution in [0.1, 0.15) is 12.8 Å². The molecule has 82 valence electrons. The maximum atomic E-state index is 11.2. The van der Waals surface area contributed by atoms with Crippen LogP contribution in [-0.2, 0) is 10.8 Å². The number of hydrogen-bond acceptors (Lipinski definition) is 4. The fourth-order valence-electron chi connectivity index (χ4n) is 1.68. The predicted molar refractivity (Wildman–Crippen MR) is 63.2 cm³/mol. The van der Waals surface area contributed by atoms with Crippen LogP contribution in [0.4, 0.5) is 11.6 Å². The Balaban J connectivity index is 1.94. The first kappa shape index (κ1) is 10.4. The maximum absolute atomic E-state index is 11.2. The van der Waals surface area contributed by atoms with E-state index < -0.39 is 10.8 Å². The Hall–Kier alpha value is -1.10. The van der Waals surface area contributed by atoms with Gasteiger partial charge in [0, 0.05) is 28.3 Å². The molecule has 0 bridgehead atoms. The van der Waals surface area contributed by atoms with E-state index in [-0.39, 0.29) is 0 Å². The lowest BCUT2D eigenvalue weighted by atomic mass is 10.1. The van der Waals surface area contributed by atoms with Crippen LogP contribution in [0.5, 0.6) is 0 Å². The van der Waals surface area contributed by atoms with Crippen LogP contribution < -0.4 is 11.1 Å². The van der Waals surface area contributed by atoms with E-state index in [0.29, 0.717) is 11.9 Å². The largest absolute Gasteiger partial charge is 0.384 e. The third kappa shape index (κ3) is 2.92. The van der Waals surface area contributed by atoms with Crippen molar-refractivity contribution >= 4 is 22.4 Å². The quantitative estimate of drug-likeness (QED) is 0.787. The van der Waals surface area contributed by atoms with E-state index in [1.54, 1.807) is 6.07 Å². The van der Waals surface area contributed by atoms with Crippen LogP contribution in [0, 0.1) is 0 Å². The van der Waals surface area contributed by atoms with E-state index in [2.05, 4.69) is 10.3 Å². The first-order chi connectivity index (χ1) is 7.24. The Kier molecular flexibility index (Phi) is 3.20. The standard InChI is InChI=1S/C10H15N3OS/c11-9-2-1-3-10(13-9)12-8-4-6-15(14)7-5-8/h1-3,8H,4-7H2,(H3,11,12,13). The van der Waals surface area contributed by atoms with Crippen LogP contribution in [0.3, 0.4) is 0 Å². The van der Waals surface area contributed by atoms with Gasteiger partial charge in [0.15, 0.2) is 0 Å². The summed E-state index contributed by atoms with van der Waals surface area (Å²) in [4.78, 5) is 4.18. The molecule has 1 saturated heterocycles. The zero-order chi connectivity index (χ0) is 10.7. The van der Waals surface area contributed by atoms with Gasteiger partial charge in [-0.2, -0.15) is 0 Å². The number of nitrogen functional groups attached to an aromatic ring is 1. The number of pyridine rings is 1. The lowest BCUT2D eigenvalue weighted by Crippen LogP contribution is -2.29. The molecular formula is C10H15N3OS. The minimum atomic E-state index is -0.608. The van der Waals surface area contributed by atoms with Crippen LogP contribution in [0.2, 0.25) is 0 Å². The van der Waals surface area contributed by atoms with Crippen molar-refractivity contribution in [1.82, 2.24) is 4.98 Å². The van der Waals surface area contributed by atoms with Crippen molar-refractivity contribution < 1.29 is 4.21 Å². The van der Waals surface area contributed by atoms with E-state index in [0.717, 1.165) is 30.2 Å². The smallest absolute Gasteiger partial charge is 0.128 e. The van der Waals surface area contributed by atoms with Crippen molar-refractivity contribution in [2.24, 2.45) is 0 Å². The summed E-state index contributed by atoms with van der Waals surface area (Å²) in [5.74, 6) is 2.92. The summed E-state index contributed by atoms with van der Waals surface area (Å²) in [7, 11) is -0.608. The van der Waals surface area contributed by atoms with Gasteiger partial charge in [-0.1, -0.05) is 6.07 Å². The van der Waals surface area contributed by atoms with Crippen LogP contribution >= 0.6 is 0 Å². The van der Waals surface area contributed by atoms with Gasteiger partial charge in [0.25, 0.3) is 0 Å². The average molecular weight is 225 g/mol. The Morgan fingerprint density at radius 2 is 2.13 bits per heavy atom. The molecule has 0 aromatic carbocycles. The zero-order valence-corrected chi connectivity index (χ0v) is 9.30. The molecule has 4 nitrogen and oxygen atoms in total. The highest BCUT2D eigenvalue weighted by Gasteiger charge is 2.17. The molecule has 0 saturated carbocycles. The average Bonchev–Trinajstić information content (AvgIpc) is 2.22. The number of hydrogen-bond donors (Lipinski definition) is 2. The van der Waals surface area contributed by atoms with Gasteiger partial charge in [-0.25, -0.2) is 4.98 Å². The van der Waals surface area contributed by atoms with Gasteiger partial charge in [0.05, 0.1) is 0 Å². The molecule has 0 spiro atoms. The van der Waals surface area contributed by atoms with E-state index in [9.17, 15) is 4.21 Å². The molecule has 0 aliphatic carbocycles. The van der Waals surface area contributed by atoms with Crippen molar-refractivity contribution in [3.05, 3.63) is 18.2 Å². The minimum Gasteiger partial charge on any atom is -0.384 e. The maximum Gasteiger partial charge on any atom is 0.128 e. The molecule has 0 atom stereocenters. The number of rotatable bonds is 2. The minimum absolute atomic E-state index is 0.386. The van der Waals surface area contributed by atoms with Crippen molar-refractivity contribution in [3.63, 3.8) is 0 Å². The monoisotopic (exact) mass is 225 g/mol. The molecule has 1 aliphatic rings. The number of aromatic nitrogens is 1. The summed E-state index contributed by atoms with van der Waals surface area (Å²) >= 11 is 0. The molecule has 1 aromatic heterocycles. The summed E-state index contributed by atoms with van der Waals surface area (Å²) in [5.41, 5.74) is 5.59. The van der Waals surface area contributed by atoms with Gasteiger partial charge in [-0.3, -0.25) is 4.21 Å². The number of nitrogens with two attached hydrogens (primary N) is 1. The summed E-state index contributed by atoms with van der Waals surface area (Å²) in [6.45, 7) is 0. The van der Waals surface area contributed by atoms with E-state index in [1.807, 2.05) is 12.1 Å². The van der Waals surface area contributed by atoms with Gasteiger partial charge in [-0.05, 0) is 25.0 Å². The summed E-state index contributed by atoms with van der Waals surface area (Å²) in [6.07, 6.45) is 1.90. The molecule has 1 aliphatic heterocycles. The fraction of sp³-hybridized carbons (Fsp3) is 0.500. The van der Waals surface area contributed by atoms with Gasteiger partial charge < -0.3 is 11.1 Å². The summed E-state index contributed by atoms with van der Waals surface area (Å²) in [6, 6.07) is 5.94. The van der Waals surface area contributed by atoms with Crippen molar-refractivity contribution in [1.29, 1.82) is 0 Å². The van der Waals surface area contributed by atoms with Crippen LogP contribution in [0.15, 0.2) is 18.2 Å². The number of anilines is 2. The van der Waals surface area contributed by atoms with Crippen molar-refractivity contribution in [2.45, 2.75) is 18.9 Å². The van der Waals surface area contributed by atoms with Crippen LogP contribution in [0.25, 0.3) is 0 Å². The second kappa shape index (κ2) is 4.61. The highest BCUT2D eigenvalue weighted by atomic mass is 32.2. The Bertz CT molecular complexity index is 359. The normalized spacial score (nSPS) is 26.1. The third-order valence-corrected chi connectivity index (χ3v) is 3.89. The topological polar surface area (TPSA) is 68.0 Å². The lowest BCUT2D eigenvalue weighted by Gasteiger charge is -2.22. The molecule has 15 heavy (non-hydrogen) atoms. The molecule has 0 unspecified atom stereocenters. The van der Waals surface area contributed by atoms with E-state index in [4.69, 9.17) is 5.73 Å². The van der Waals surface area contributed by atoms with Gasteiger partial charge in [0.1, 0.15) is 11.6 Å². The molecular weight excluding hydrogens is 210 g/mol. The summed E-state index contributed by atoms with van der Waals surface area (Å²) < 4.78 is 11.2. The molecule has 0 radical (unpaired) electrons. The van der Waals surface area contributed by atoms with Crippen molar-refractivity contribution in [3.8, 4) is 0 Å². The summed E-state index contributed by atoms with van der Waals surface area (Å²) in [5, 5.41) is 3.32. The van der Waals surface area contributed by atoms with E-state index in [1.165, 1.54) is 0 Å². The molecule has 1 fully saturated rings. The van der Waals surface area contributed by atoms with Crippen LogP contribution in [-0.4, -0.2) is 26.7 Å². The first-order valence-electron chi connectivity index (χ1n) is 5.08. The second-order valence-electron chi connectivity index (χ2n) is 3.71. The van der Waals surface area contributed by atoms with Gasteiger partial charge in [-0.15, -0.1) is 0 Å². The lowest BCUT2D eigenvalue weighted by molar-refractivity contribution is 0.622. The number of nitrogens with one attached hydrogen (secondary N) is 1. The molecule has 5 heteroatoms. The number of nitrogens with zero attached hydrogens (tertiary/aromatic N) is 1. The van der Waals surface area contributed by atoms with Gasteiger partial charge in [0.2, 0.25) is 0 Å². The molecule has 2 rings (SSSR count). The molecule has 1 aromatic rings. The molecule has 3 N–H and O–H groups in total. The first-order valence-corrected chi connectivity index (χ1v) is 6.57. The Morgan fingerprint density at radius 3 is 2.80 bits per heavy atom. The highest BCUT2D eigenvalue weighted by Crippen LogP contribution is 2.15. The van der Waals surface area contributed by atoms with Gasteiger partial charge >= 0.3 is 0 Å². The molecule has 0 amide bonds. The SMILES string of the molecule is Nc1cccc(NC2CCS(=O)CC2)n1. The molecule has 2 heterocycles. The fourth-order valence-corrected chi connectivity index (χ4v) is 2.98. The Labute approximate surface area is 91.7 Å². The van der Waals surface area contributed by atoms with Crippen molar-refractivity contribution in [2.75, 3.05) is 22.6 Å². The highest BCUT2D eigenvalue weighted by molar-refractivity contribution is 7.85. The predicted octanol–water partition coefficient (Wildman–Crippen LogP) is 0.987. The zero-order valence-electron chi connectivity index (χ0n) is 8.48. The van der Waals surface area contributed by atoms with E-state index >= 15 is 0 Å². The Morgan fingerprint density at radius 1 is 1.40 bits per heavy atom. The third-order valence-electron chi connectivity index (χ3n) is 2.51.